The molecule has 1 aromatic carbocycles. The Morgan fingerprint density at radius 3 is 2.60 bits per heavy atom. The van der Waals surface area contributed by atoms with Gasteiger partial charge in [0.25, 0.3) is 0 Å². The number of benzene rings is 1. The smallest absolute Gasteiger partial charge is 0.00765 e. The van der Waals surface area contributed by atoms with Crippen molar-refractivity contribution >= 4 is 0 Å². The van der Waals surface area contributed by atoms with Gasteiger partial charge in [0.1, 0.15) is 0 Å². The third kappa shape index (κ3) is 2.93. The fourth-order valence-corrected chi connectivity index (χ4v) is 2.04. The number of hydrogen-bond donors (Lipinski definition) is 1. The predicted octanol–water partition coefficient (Wildman–Crippen LogP) is 2.98. The zero-order valence-corrected chi connectivity index (χ0v) is 9.37. The van der Waals surface area contributed by atoms with E-state index in [1.807, 2.05) is 0 Å². The van der Waals surface area contributed by atoms with E-state index >= 15 is 0 Å². The number of rotatable bonds is 2. The average Bonchev–Trinajstić information content (AvgIpc) is 2.25. The highest BCUT2D eigenvalue weighted by Gasteiger charge is 2.10. The highest BCUT2D eigenvalue weighted by Crippen LogP contribution is 2.20. The molecule has 15 heavy (non-hydrogen) atoms. The van der Waals surface area contributed by atoms with Gasteiger partial charge in [-0.15, -0.1) is 0 Å². The zero-order chi connectivity index (χ0) is 10.7. The fourth-order valence-electron chi connectivity index (χ4n) is 2.04. The molecule has 2 rings (SSSR count). The lowest BCUT2D eigenvalue weighted by molar-refractivity contribution is 0.583. The Morgan fingerprint density at radius 1 is 1.27 bits per heavy atom. The van der Waals surface area contributed by atoms with E-state index in [0.29, 0.717) is 6.04 Å². The third-order valence-electron chi connectivity index (χ3n) is 3.10. The quantitative estimate of drug-likeness (QED) is 0.731. The first-order valence-electron chi connectivity index (χ1n) is 5.73. The van der Waals surface area contributed by atoms with Gasteiger partial charge in [-0.1, -0.05) is 41.5 Å². The lowest BCUT2D eigenvalue weighted by Gasteiger charge is -2.18. The molecule has 80 valence electrons. The van der Waals surface area contributed by atoms with Gasteiger partial charge in [0.2, 0.25) is 0 Å². The SMILES string of the molecule is Cc1ccc(CC2=CCC(N)CC2)cc1. The Bertz CT molecular complexity index is 348. The first-order chi connectivity index (χ1) is 7.24. The molecule has 0 saturated carbocycles. The van der Waals surface area contributed by atoms with Crippen LogP contribution in [-0.4, -0.2) is 6.04 Å². The van der Waals surface area contributed by atoms with Crippen LogP contribution in [0, 0.1) is 6.92 Å². The van der Waals surface area contributed by atoms with Crippen molar-refractivity contribution in [2.75, 3.05) is 0 Å². The predicted molar refractivity (Wildman–Crippen MR) is 64.8 cm³/mol. The molecule has 0 radical (unpaired) electrons. The van der Waals surface area contributed by atoms with Crippen LogP contribution in [0.5, 0.6) is 0 Å². The van der Waals surface area contributed by atoms with Gasteiger partial charge in [0.15, 0.2) is 0 Å². The summed E-state index contributed by atoms with van der Waals surface area (Å²) in [6.07, 6.45) is 6.81. The summed E-state index contributed by atoms with van der Waals surface area (Å²) in [4.78, 5) is 0. The average molecular weight is 201 g/mol. The highest BCUT2D eigenvalue weighted by atomic mass is 14.6. The summed E-state index contributed by atoms with van der Waals surface area (Å²) in [6, 6.07) is 9.22. The van der Waals surface area contributed by atoms with Crippen LogP contribution in [-0.2, 0) is 6.42 Å². The van der Waals surface area contributed by atoms with Crippen molar-refractivity contribution in [3.05, 3.63) is 47.0 Å². The summed E-state index contributed by atoms with van der Waals surface area (Å²) in [5, 5.41) is 0. The van der Waals surface area contributed by atoms with Crippen LogP contribution >= 0.6 is 0 Å². The minimum Gasteiger partial charge on any atom is -0.327 e. The monoisotopic (exact) mass is 201 g/mol. The van der Waals surface area contributed by atoms with Crippen LogP contribution in [0.1, 0.15) is 30.4 Å². The van der Waals surface area contributed by atoms with Crippen molar-refractivity contribution in [1.29, 1.82) is 0 Å². The van der Waals surface area contributed by atoms with E-state index < -0.39 is 0 Å². The molecule has 0 aromatic heterocycles. The Hall–Kier alpha value is -1.08. The standard InChI is InChI=1S/C14H19N/c1-11-2-4-12(5-3-11)10-13-6-8-14(15)9-7-13/h2-6,14H,7-10,15H2,1H3. The number of aryl methyl sites for hydroxylation is 1. The molecule has 1 aliphatic carbocycles. The molecule has 0 fully saturated rings. The van der Waals surface area contributed by atoms with E-state index in [9.17, 15) is 0 Å². The van der Waals surface area contributed by atoms with E-state index in [1.54, 1.807) is 5.57 Å². The molecule has 0 amide bonds. The Morgan fingerprint density at radius 2 is 2.00 bits per heavy atom. The molecule has 0 aliphatic heterocycles. The van der Waals surface area contributed by atoms with Crippen LogP contribution < -0.4 is 5.73 Å². The summed E-state index contributed by atoms with van der Waals surface area (Å²) in [5.41, 5.74) is 10.2. The lowest BCUT2D eigenvalue weighted by Crippen LogP contribution is -2.22. The van der Waals surface area contributed by atoms with Gasteiger partial charge in [0.05, 0.1) is 0 Å². The van der Waals surface area contributed by atoms with E-state index in [0.717, 1.165) is 19.3 Å². The summed E-state index contributed by atoms with van der Waals surface area (Å²) in [6.45, 7) is 2.13. The van der Waals surface area contributed by atoms with Crippen LogP contribution in [0.2, 0.25) is 0 Å². The normalized spacial score (nSPS) is 21.2. The molecule has 1 heteroatoms. The van der Waals surface area contributed by atoms with Gasteiger partial charge in [-0.05, 0) is 38.2 Å². The largest absolute Gasteiger partial charge is 0.327 e. The van der Waals surface area contributed by atoms with E-state index in [2.05, 4.69) is 37.3 Å². The second-order valence-electron chi connectivity index (χ2n) is 4.56. The minimum absolute atomic E-state index is 0.395. The Kier molecular flexibility index (Phi) is 3.22. The highest BCUT2D eigenvalue weighted by molar-refractivity contribution is 5.26. The molecule has 0 heterocycles. The molecule has 0 saturated heterocycles. The molecular formula is C14H19N. The van der Waals surface area contributed by atoms with Gasteiger partial charge >= 0.3 is 0 Å². The van der Waals surface area contributed by atoms with Gasteiger partial charge in [-0.2, -0.15) is 0 Å². The maximum Gasteiger partial charge on any atom is 0.00765 e. The van der Waals surface area contributed by atoms with Crippen molar-refractivity contribution in [2.45, 2.75) is 38.6 Å². The minimum atomic E-state index is 0.395. The van der Waals surface area contributed by atoms with Crippen molar-refractivity contribution in [2.24, 2.45) is 5.73 Å². The van der Waals surface area contributed by atoms with Crippen molar-refractivity contribution in [1.82, 2.24) is 0 Å². The van der Waals surface area contributed by atoms with E-state index in [1.165, 1.54) is 17.5 Å². The van der Waals surface area contributed by atoms with Crippen LogP contribution in [0.3, 0.4) is 0 Å². The third-order valence-corrected chi connectivity index (χ3v) is 3.10. The maximum absolute atomic E-state index is 5.87. The molecule has 1 aromatic rings. The summed E-state index contributed by atoms with van der Waals surface area (Å²) in [5.74, 6) is 0. The molecule has 1 unspecified atom stereocenters. The molecule has 2 N–H and O–H groups in total. The van der Waals surface area contributed by atoms with Crippen LogP contribution in [0.4, 0.5) is 0 Å². The maximum atomic E-state index is 5.87. The fraction of sp³-hybridized carbons (Fsp3) is 0.429. The van der Waals surface area contributed by atoms with E-state index in [-0.39, 0.29) is 0 Å². The topological polar surface area (TPSA) is 26.0 Å². The number of hydrogen-bond acceptors (Lipinski definition) is 1. The molecule has 1 aliphatic rings. The van der Waals surface area contributed by atoms with Gasteiger partial charge in [-0.3, -0.25) is 0 Å². The van der Waals surface area contributed by atoms with Crippen molar-refractivity contribution in [3.8, 4) is 0 Å². The summed E-state index contributed by atoms with van der Waals surface area (Å²) < 4.78 is 0. The van der Waals surface area contributed by atoms with E-state index in [4.69, 9.17) is 5.73 Å². The van der Waals surface area contributed by atoms with Crippen LogP contribution in [0.25, 0.3) is 0 Å². The summed E-state index contributed by atoms with van der Waals surface area (Å²) >= 11 is 0. The van der Waals surface area contributed by atoms with Gasteiger partial charge < -0.3 is 5.73 Å². The van der Waals surface area contributed by atoms with Gasteiger partial charge in [0, 0.05) is 6.04 Å². The van der Waals surface area contributed by atoms with Gasteiger partial charge in [-0.25, -0.2) is 0 Å². The van der Waals surface area contributed by atoms with Crippen molar-refractivity contribution in [3.63, 3.8) is 0 Å². The molecular weight excluding hydrogens is 182 g/mol. The molecule has 1 nitrogen and oxygen atoms in total. The lowest BCUT2D eigenvalue weighted by atomic mass is 9.91. The second kappa shape index (κ2) is 4.63. The van der Waals surface area contributed by atoms with Crippen LogP contribution in [0.15, 0.2) is 35.9 Å². The number of nitrogens with two attached hydrogens (primary N) is 1. The molecule has 0 bridgehead atoms. The Labute approximate surface area is 92.0 Å². The van der Waals surface area contributed by atoms with Crippen molar-refractivity contribution < 1.29 is 0 Å². The first kappa shape index (κ1) is 10.4. The first-order valence-corrected chi connectivity index (χ1v) is 5.73. The zero-order valence-electron chi connectivity index (χ0n) is 9.37. The molecule has 0 spiro atoms. The molecule has 1 atom stereocenters. The Balaban J connectivity index is 2.00. The second-order valence-corrected chi connectivity index (χ2v) is 4.56. The summed E-state index contributed by atoms with van der Waals surface area (Å²) in [7, 11) is 0. The number of allylic oxidation sites excluding steroid dienone is 1.